The molecule has 0 atom stereocenters. The Hall–Kier alpha value is -0.670. The highest BCUT2D eigenvalue weighted by Gasteiger charge is 1.96. The first-order valence-electron chi connectivity index (χ1n) is 5.84. The molecule has 0 radical (unpaired) electrons. The van der Waals surface area contributed by atoms with Crippen LogP contribution < -0.4 is 10.1 Å². The summed E-state index contributed by atoms with van der Waals surface area (Å²) in [4.78, 5) is 1.29. The van der Waals surface area contributed by atoms with E-state index in [1.807, 2.05) is 23.9 Å². The second-order valence-electron chi connectivity index (χ2n) is 3.63. The molecule has 1 aromatic rings. The van der Waals surface area contributed by atoms with Gasteiger partial charge in [-0.25, -0.2) is 0 Å². The van der Waals surface area contributed by atoms with Crippen LogP contribution in [0.25, 0.3) is 0 Å². The van der Waals surface area contributed by atoms with Crippen LogP contribution in [-0.2, 0) is 0 Å². The normalized spacial score (nSPS) is 10.4. The Morgan fingerprint density at radius 3 is 2.94 bits per heavy atom. The van der Waals surface area contributed by atoms with Gasteiger partial charge in [0.1, 0.15) is 5.75 Å². The highest BCUT2D eigenvalue weighted by Crippen LogP contribution is 2.22. The fourth-order valence-corrected chi connectivity index (χ4v) is 2.28. The minimum atomic E-state index is 0.939. The molecule has 0 heterocycles. The maximum absolute atomic E-state index is 5.19. The Kier molecular flexibility index (Phi) is 7.10. The fraction of sp³-hybridized carbons (Fsp3) is 0.538. The molecule has 0 fully saturated rings. The van der Waals surface area contributed by atoms with Crippen LogP contribution >= 0.6 is 11.8 Å². The van der Waals surface area contributed by atoms with E-state index in [4.69, 9.17) is 4.74 Å². The lowest BCUT2D eigenvalue weighted by atomic mass is 10.3. The first-order valence-corrected chi connectivity index (χ1v) is 6.83. The molecule has 0 aliphatic heterocycles. The van der Waals surface area contributed by atoms with Gasteiger partial charge in [0.15, 0.2) is 0 Å². The van der Waals surface area contributed by atoms with Crippen molar-refractivity contribution in [1.82, 2.24) is 5.32 Å². The monoisotopic (exact) mass is 239 g/mol. The summed E-state index contributed by atoms with van der Waals surface area (Å²) in [5, 5.41) is 3.41. The summed E-state index contributed by atoms with van der Waals surface area (Å²) in [6.07, 6.45) is 2.42. The van der Waals surface area contributed by atoms with Gasteiger partial charge in [0.05, 0.1) is 7.11 Å². The smallest absolute Gasteiger partial charge is 0.119 e. The molecule has 0 aliphatic carbocycles. The van der Waals surface area contributed by atoms with Crippen LogP contribution in [0.3, 0.4) is 0 Å². The highest BCUT2D eigenvalue weighted by molar-refractivity contribution is 7.99. The van der Waals surface area contributed by atoms with Crippen molar-refractivity contribution in [3.8, 4) is 5.75 Å². The lowest BCUT2D eigenvalue weighted by molar-refractivity contribution is 0.413. The molecule has 0 unspecified atom stereocenters. The summed E-state index contributed by atoms with van der Waals surface area (Å²) in [5.41, 5.74) is 0. The maximum atomic E-state index is 5.19. The number of hydrogen-bond acceptors (Lipinski definition) is 3. The van der Waals surface area contributed by atoms with E-state index in [1.54, 1.807) is 7.11 Å². The van der Waals surface area contributed by atoms with Crippen molar-refractivity contribution in [2.24, 2.45) is 0 Å². The molecule has 2 nitrogen and oxygen atoms in total. The van der Waals surface area contributed by atoms with Crippen molar-refractivity contribution in [3.63, 3.8) is 0 Å². The first kappa shape index (κ1) is 13.4. The molecule has 0 spiro atoms. The summed E-state index contributed by atoms with van der Waals surface area (Å²) >= 11 is 1.89. The van der Waals surface area contributed by atoms with E-state index >= 15 is 0 Å². The van der Waals surface area contributed by atoms with Gasteiger partial charge in [-0.15, -0.1) is 11.8 Å². The topological polar surface area (TPSA) is 21.3 Å². The molecule has 1 aromatic carbocycles. The molecule has 1 rings (SSSR count). The van der Waals surface area contributed by atoms with E-state index in [0.717, 1.165) is 24.6 Å². The predicted octanol–water partition coefficient (Wildman–Crippen LogP) is 3.18. The van der Waals surface area contributed by atoms with Crippen molar-refractivity contribution < 1.29 is 4.74 Å². The lowest BCUT2D eigenvalue weighted by Gasteiger charge is -2.05. The number of nitrogens with one attached hydrogen (secondary N) is 1. The Labute approximate surface area is 103 Å². The zero-order valence-corrected chi connectivity index (χ0v) is 11.0. The van der Waals surface area contributed by atoms with Gasteiger partial charge < -0.3 is 10.1 Å². The van der Waals surface area contributed by atoms with E-state index in [2.05, 4.69) is 24.4 Å². The third-order valence-corrected chi connectivity index (χ3v) is 3.31. The predicted molar refractivity (Wildman–Crippen MR) is 71.5 cm³/mol. The van der Waals surface area contributed by atoms with Gasteiger partial charge in [0, 0.05) is 4.90 Å². The Bertz CT molecular complexity index is 291. The van der Waals surface area contributed by atoms with Gasteiger partial charge in [-0.1, -0.05) is 13.0 Å². The van der Waals surface area contributed by atoms with Crippen molar-refractivity contribution >= 4 is 11.8 Å². The van der Waals surface area contributed by atoms with Crippen LogP contribution in [0.5, 0.6) is 5.75 Å². The van der Waals surface area contributed by atoms with E-state index < -0.39 is 0 Å². The van der Waals surface area contributed by atoms with Crippen LogP contribution in [0.4, 0.5) is 0 Å². The fourth-order valence-electron chi connectivity index (χ4n) is 1.38. The van der Waals surface area contributed by atoms with Crippen LogP contribution in [0.15, 0.2) is 29.2 Å². The second kappa shape index (κ2) is 8.48. The van der Waals surface area contributed by atoms with Gasteiger partial charge in [-0.05, 0) is 49.9 Å². The van der Waals surface area contributed by atoms with Crippen LogP contribution in [-0.4, -0.2) is 26.0 Å². The standard InChI is InChI=1S/C13H21NOS/c1-3-8-14-9-5-10-16-13-7-4-6-12(11-13)15-2/h4,6-7,11,14H,3,5,8-10H2,1-2H3. The van der Waals surface area contributed by atoms with Crippen LogP contribution in [0, 0.1) is 0 Å². The van der Waals surface area contributed by atoms with Crippen molar-refractivity contribution in [2.45, 2.75) is 24.7 Å². The van der Waals surface area contributed by atoms with Crippen LogP contribution in [0.2, 0.25) is 0 Å². The summed E-state index contributed by atoms with van der Waals surface area (Å²) < 4.78 is 5.19. The van der Waals surface area contributed by atoms with E-state index in [0.29, 0.717) is 0 Å². The van der Waals surface area contributed by atoms with Gasteiger partial charge >= 0.3 is 0 Å². The van der Waals surface area contributed by atoms with E-state index in [-0.39, 0.29) is 0 Å². The maximum Gasteiger partial charge on any atom is 0.119 e. The molecule has 0 saturated heterocycles. The number of thioether (sulfide) groups is 1. The van der Waals surface area contributed by atoms with Gasteiger partial charge in [0.25, 0.3) is 0 Å². The summed E-state index contributed by atoms with van der Waals surface area (Å²) in [6.45, 7) is 4.44. The average Bonchev–Trinajstić information content (AvgIpc) is 2.34. The molecule has 0 bridgehead atoms. The molecular formula is C13H21NOS. The third-order valence-electron chi connectivity index (χ3n) is 2.23. The quantitative estimate of drug-likeness (QED) is 0.556. The van der Waals surface area contributed by atoms with Crippen molar-refractivity contribution in [2.75, 3.05) is 26.0 Å². The Morgan fingerprint density at radius 2 is 2.19 bits per heavy atom. The second-order valence-corrected chi connectivity index (χ2v) is 4.80. The zero-order valence-electron chi connectivity index (χ0n) is 10.2. The molecule has 0 aliphatic rings. The molecule has 1 N–H and O–H groups in total. The first-order chi connectivity index (χ1) is 7.86. The van der Waals surface area contributed by atoms with Crippen LogP contribution in [0.1, 0.15) is 19.8 Å². The minimum Gasteiger partial charge on any atom is -0.497 e. The van der Waals surface area contributed by atoms with E-state index in [9.17, 15) is 0 Å². The highest BCUT2D eigenvalue weighted by atomic mass is 32.2. The molecule has 16 heavy (non-hydrogen) atoms. The van der Waals surface area contributed by atoms with Gasteiger partial charge in [-0.2, -0.15) is 0 Å². The summed E-state index contributed by atoms with van der Waals surface area (Å²) in [7, 11) is 1.71. The summed E-state index contributed by atoms with van der Waals surface area (Å²) in [6, 6.07) is 8.24. The van der Waals surface area contributed by atoms with E-state index in [1.165, 1.54) is 17.7 Å². The average molecular weight is 239 g/mol. The SMILES string of the molecule is CCCNCCCSc1cccc(OC)c1. The largest absolute Gasteiger partial charge is 0.497 e. The number of rotatable bonds is 8. The molecule has 90 valence electrons. The van der Waals surface area contributed by atoms with Crippen molar-refractivity contribution in [3.05, 3.63) is 24.3 Å². The number of hydrogen-bond donors (Lipinski definition) is 1. The zero-order chi connectivity index (χ0) is 11.6. The molecule has 0 amide bonds. The molecular weight excluding hydrogens is 218 g/mol. The number of ether oxygens (including phenoxy) is 1. The Balaban J connectivity index is 2.16. The molecule has 0 aromatic heterocycles. The Morgan fingerprint density at radius 1 is 1.31 bits per heavy atom. The number of benzene rings is 1. The molecule has 0 saturated carbocycles. The van der Waals surface area contributed by atoms with Gasteiger partial charge in [0.2, 0.25) is 0 Å². The lowest BCUT2D eigenvalue weighted by Crippen LogP contribution is -2.16. The minimum absolute atomic E-state index is 0.939. The molecule has 3 heteroatoms. The third kappa shape index (κ3) is 5.42. The van der Waals surface area contributed by atoms with Gasteiger partial charge in [-0.3, -0.25) is 0 Å². The number of methoxy groups -OCH3 is 1. The summed E-state index contributed by atoms with van der Waals surface area (Å²) in [5.74, 6) is 2.10. The van der Waals surface area contributed by atoms with Crippen molar-refractivity contribution in [1.29, 1.82) is 0 Å².